The third-order valence-corrected chi connectivity index (χ3v) is 4.79. The van der Waals surface area contributed by atoms with E-state index in [9.17, 15) is 0 Å². The predicted octanol–water partition coefficient (Wildman–Crippen LogP) is 4.19. The van der Waals surface area contributed by atoms with Crippen LogP contribution in [0.3, 0.4) is 0 Å². The summed E-state index contributed by atoms with van der Waals surface area (Å²) in [5, 5.41) is 0.819. The highest BCUT2D eigenvalue weighted by Gasteiger charge is 2.47. The van der Waals surface area contributed by atoms with Gasteiger partial charge < -0.3 is 9.64 Å². The number of nitrogens with zero attached hydrogens (tertiary/aromatic N) is 1. The van der Waals surface area contributed by atoms with Crippen molar-refractivity contribution < 1.29 is 4.74 Å². The minimum absolute atomic E-state index is 0. The summed E-state index contributed by atoms with van der Waals surface area (Å²) >= 11 is 6.11. The molecule has 112 valence electrons. The van der Waals surface area contributed by atoms with Gasteiger partial charge in [-0.15, -0.1) is 12.4 Å². The van der Waals surface area contributed by atoms with Gasteiger partial charge in [0.25, 0.3) is 0 Å². The van der Waals surface area contributed by atoms with Gasteiger partial charge in [0.05, 0.1) is 0 Å². The first kappa shape index (κ1) is 15.9. The van der Waals surface area contributed by atoms with Gasteiger partial charge in [-0.1, -0.05) is 18.0 Å². The van der Waals surface area contributed by atoms with Crippen molar-refractivity contribution in [2.24, 2.45) is 5.92 Å². The van der Waals surface area contributed by atoms with Gasteiger partial charge in [-0.25, -0.2) is 0 Å². The zero-order chi connectivity index (χ0) is 13.5. The molecule has 1 spiro atoms. The first-order valence-corrected chi connectivity index (χ1v) is 7.59. The molecule has 2 nitrogen and oxygen atoms in total. The van der Waals surface area contributed by atoms with Gasteiger partial charge >= 0.3 is 0 Å². The molecule has 0 aromatic heterocycles. The van der Waals surface area contributed by atoms with Gasteiger partial charge in [0, 0.05) is 23.9 Å². The second kappa shape index (κ2) is 6.13. The number of fused-ring (bicyclic) bond motifs is 1. The molecular weight excluding hydrogens is 293 g/mol. The van der Waals surface area contributed by atoms with E-state index in [-0.39, 0.29) is 18.0 Å². The van der Waals surface area contributed by atoms with Gasteiger partial charge in [-0.2, -0.15) is 0 Å². The molecule has 2 aliphatic rings. The summed E-state index contributed by atoms with van der Waals surface area (Å²) in [5.41, 5.74) is 1.31. The van der Waals surface area contributed by atoms with Crippen LogP contribution in [0.1, 0.15) is 31.2 Å². The number of halogens is 2. The fraction of sp³-hybridized carbons (Fsp3) is 0.625. The first-order chi connectivity index (χ1) is 9.09. The van der Waals surface area contributed by atoms with Crippen molar-refractivity contribution in [3.8, 4) is 5.75 Å². The predicted molar refractivity (Wildman–Crippen MR) is 86.3 cm³/mol. The Hall–Kier alpha value is -0.440. The van der Waals surface area contributed by atoms with Crippen molar-refractivity contribution in [3.05, 3.63) is 28.8 Å². The Bertz CT molecular complexity index is 478. The molecule has 0 saturated heterocycles. The van der Waals surface area contributed by atoms with Gasteiger partial charge in [-0.05, 0) is 57.1 Å². The maximum Gasteiger partial charge on any atom is 0.123 e. The minimum atomic E-state index is 0. The van der Waals surface area contributed by atoms with E-state index in [2.05, 4.69) is 25.1 Å². The SMILES string of the molecule is CN(C)C[C@H]1CCCC[C@]12Cc1cc(Cl)ccc1O2.Cl. The molecule has 1 aromatic rings. The van der Waals surface area contributed by atoms with E-state index in [4.69, 9.17) is 16.3 Å². The third kappa shape index (κ3) is 2.93. The minimum Gasteiger partial charge on any atom is -0.486 e. The second-order valence-electron chi connectivity index (χ2n) is 6.30. The molecule has 1 heterocycles. The Balaban J connectivity index is 0.00000147. The summed E-state index contributed by atoms with van der Waals surface area (Å²) in [6.07, 6.45) is 6.10. The van der Waals surface area contributed by atoms with Crippen molar-refractivity contribution in [3.63, 3.8) is 0 Å². The van der Waals surface area contributed by atoms with Crippen LogP contribution in [0.2, 0.25) is 5.02 Å². The standard InChI is InChI=1S/C16H22ClNO.ClH/c1-18(2)11-13-5-3-4-8-16(13)10-12-9-14(17)6-7-15(12)19-16;/h6-7,9,13H,3-5,8,10-11H2,1-2H3;1H/t13-,16+;/m1./s1. The Labute approximate surface area is 132 Å². The summed E-state index contributed by atoms with van der Waals surface area (Å²) in [6, 6.07) is 6.05. The normalized spacial score (nSPS) is 28.1. The lowest BCUT2D eigenvalue weighted by Crippen LogP contribution is -2.48. The molecular formula is C16H23Cl2NO. The van der Waals surface area contributed by atoms with Gasteiger partial charge in [0.1, 0.15) is 11.4 Å². The van der Waals surface area contributed by atoms with Crippen LogP contribution >= 0.6 is 24.0 Å². The average molecular weight is 316 g/mol. The molecule has 0 radical (unpaired) electrons. The maximum absolute atomic E-state index is 6.42. The average Bonchev–Trinajstić information content (AvgIpc) is 2.70. The summed E-state index contributed by atoms with van der Waals surface area (Å²) in [4.78, 5) is 2.29. The molecule has 1 aliphatic heterocycles. The monoisotopic (exact) mass is 315 g/mol. The number of hydrogen-bond acceptors (Lipinski definition) is 2. The first-order valence-electron chi connectivity index (χ1n) is 7.21. The lowest BCUT2D eigenvalue weighted by atomic mass is 9.73. The van der Waals surface area contributed by atoms with Crippen LogP contribution < -0.4 is 4.74 Å². The second-order valence-corrected chi connectivity index (χ2v) is 6.74. The van der Waals surface area contributed by atoms with E-state index in [1.807, 2.05) is 12.1 Å². The van der Waals surface area contributed by atoms with Crippen molar-refractivity contribution in [1.82, 2.24) is 4.90 Å². The third-order valence-electron chi connectivity index (χ3n) is 4.56. The van der Waals surface area contributed by atoms with Crippen LogP contribution in [-0.4, -0.2) is 31.1 Å². The fourth-order valence-electron chi connectivity index (χ4n) is 3.71. The van der Waals surface area contributed by atoms with Crippen LogP contribution in [0, 0.1) is 5.92 Å². The topological polar surface area (TPSA) is 12.5 Å². The number of hydrogen-bond donors (Lipinski definition) is 0. The zero-order valence-corrected chi connectivity index (χ0v) is 13.8. The highest BCUT2D eigenvalue weighted by Crippen LogP contribution is 2.47. The van der Waals surface area contributed by atoms with E-state index < -0.39 is 0 Å². The Morgan fingerprint density at radius 1 is 1.35 bits per heavy atom. The Morgan fingerprint density at radius 3 is 2.90 bits per heavy atom. The number of benzene rings is 1. The maximum atomic E-state index is 6.42. The molecule has 0 N–H and O–H groups in total. The molecule has 3 rings (SSSR count). The molecule has 1 aromatic carbocycles. The quantitative estimate of drug-likeness (QED) is 0.811. The molecule has 20 heavy (non-hydrogen) atoms. The molecule has 0 amide bonds. The van der Waals surface area contributed by atoms with Crippen molar-refractivity contribution in [2.75, 3.05) is 20.6 Å². The van der Waals surface area contributed by atoms with Gasteiger partial charge in [0.2, 0.25) is 0 Å². The Kier molecular flexibility index (Phi) is 4.88. The van der Waals surface area contributed by atoms with E-state index >= 15 is 0 Å². The smallest absolute Gasteiger partial charge is 0.123 e. The summed E-state index contributed by atoms with van der Waals surface area (Å²) < 4.78 is 6.42. The van der Waals surface area contributed by atoms with Crippen molar-refractivity contribution in [1.29, 1.82) is 0 Å². The molecule has 0 bridgehead atoms. The summed E-state index contributed by atoms with van der Waals surface area (Å²) in [5.74, 6) is 1.68. The van der Waals surface area contributed by atoms with Crippen LogP contribution in [0.15, 0.2) is 18.2 Å². The molecule has 1 saturated carbocycles. The van der Waals surface area contributed by atoms with Crippen LogP contribution in [0.4, 0.5) is 0 Å². The van der Waals surface area contributed by atoms with E-state index in [1.165, 1.54) is 31.2 Å². The van der Waals surface area contributed by atoms with Gasteiger partial charge in [-0.3, -0.25) is 0 Å². The molecule has 2 atom stereocenters. The van der Waals surface area contributed by atoms with Crippen molar-refractivity contribution >= 4 is 24.0 Å². The molecule has 0 unspecified atom stereocenters. The van der Waals surface area contributed by atoms with Crippen molar-refractivity contribution in [2.45, 2.75) is 37.7 Å². The molecule has 1 aliphatic carbocycles. The zero-order valence-electron chi connectivity index (χ0n) is 12.2. The van der Waals surface area contributed by atoms with E-state index in [0.29, 0.717) is 5.92 Å². The highest BCUT2D eigenvalue weighted by molar-refractivity contribution is 6.30. The van der Waals surface area contributed by atoms with Crippen LogP contribution in [0.25, 0.3) is 0 Å². The van der Waals surface area contributed by atoms with Crippen LogP contribution in [0.5, 0.6) is 5.75 Å². The fourth-order valence-corrected chi connectivity index (χ4v) is 3.91. The molecule has 1 fully saturated rings. The largest absolute Gasteiger partial charge is 0.486 e. The van der Waals surface area contributed by atoms with Crippen LogP contribution in [-0.2, 0) is 6.42 Å². The van der Waals surface area contributed by atoms with E-state index in [1.54, 1.807) is 0 Å². The van der Waals surface area contributed by atoms with E-state index in [0.717, 1.165) is 23.7 Å². The molecule has 4 heteroatoms. The number of rotatable bonds is 2. The number of ether oxygens (including phenoxy) is 1. The summed E-state index contributed by atoms with van der Waals surface area (Å²) in [6.45, 7) is 1.11. The van der Waals surface area contributed by atoms with Gasteiger partial charge in [0.15, 0.2) is 0 Å². The lowest BCUT2D eigenvalue weighted by Gasteiger charge is -2.41. The Morgan fingerprint density at radius 2 is 2.15 bits per heavy atom. The summed E-state index contributed by atoms with van der Waals surface area (Å²) in [7, 11) is 4.31. The highest BCUT2D eigenvalue weighted by atomic mass is 35.5. The lowest BCUT2D eigenvalue weighted by molar-refractivity contribution is -0.0150.